The fourth-order valence-corrected chi connectivity index (χ4v) is 5.16. The molecule has 208 valence electrons. The Morgan fingerprint density at radius 2 is 1.77 bits per heavy atom. The lowest BCUT2D eigenvalue weighted by atomic mass is 9.97. The van der Waals surface area contributed by atoms with Crippen molar-refractivity contribution in [1.29, 1.82) is 0 Å². The van der Waals surface area contributed by atoms with Gasteiger partial charge >= 0.3 is 0 Å². The molecule has 0 saturated carbocycles. The number of hydrogen-bond donors (Lipinski definition) is 1. The zero-order valence-corrected chi connectivity index (χ0v) is 23.4. The van der Waals surface area contributed by atoms with E-state index in [0.717, 1.165) is 49.2 Å². The maximum absolute atomic E-state index is 13.2. The van der Waals surface area contributed by atoms with Crippen LogP contribution in [0.3, 0.4) is 0 Å². The predicted molar refractivity (Wildman–Crippen MR) is 154 cm³/mol. The van der Waals surface area contributed by atoms with Gasteiger partial charge in [0, 0.05) is 42.2 Å². The number of benzene rings is 2. The summed E-state index contributed by atoms with van der Waals surface area (Å²) in [5.74, 6) is 1.54. The van der Waals surface area contributed by atoms with E-state index in [1.807, 2.05) is 42.2 Å². The van der Waals surface area contributed by atoms with Crippen molar-refractivity contribution < 1.29 is 19.1 Å². The van der Waals surface area contributed by atoms with E-state index in [-0.39, 0.29) is 17.5 Å². The Kier molecular flexibility index (Phi) is 8.00. The second kappa shape index (κ2) is 11.8. The Morgan fingerprint density at radius 3 is 2.55 bits per heavy atom. The summed E-state index contributed by atoms with van der Waals surface area (Å²) in [5.41, 5.74) is 4.45. The number of carbonyl (C=O) groups excluding carboxylic acids is 2. The number of fused-ring (bicyclic) bond motifs is 1. The van der Waals surface area contributed by atoms with Crippen molar-refractivity contribution in [3.05, 3.63) is 71.5 Å². The van der Waals surface area contributed by atoms with Gasteiger partial charge in [-0.1, -0.05) is 19.8 Å². The molecule has 3 heterocycles. The molecule has 1 unspecified atom stereocenters. The predicted octanol–water partition coefficient (Wildman–Crippen LogP) is 5.63. The average Bonchev–Trinajstić information content (AvgIpc) is 3.40. The van der Waals surface area contributed by atoms with Crippen LogP contribution >= 0.6 is 0 Å². The van der Waals surface area contributed by atoms with Crippen LogP contribution in [0.1, 0.15) is 59.0 Å². The third-order valence-corrected chi connectivity index (χ3v) is 7.55. The number of likely N-dealkylation sites (tertiary alicyclic amines) is 1. The van der Waals surface area contributed by atoms with Gasteiger partial charge in [-0.2, -0.15) is 5.10 Å². The SMILES string of the molecule is COc1ccc(-c2ccnc3cc(C(=O)Nc4ccc(C(=O)N5CCCCC(C)CC5)cc4C)nn23)cc1OC. The smallest absolute Gasteiger partial charge is 0.276 e. The number of aryl methyl sites for hydroxylation is 1. The normalized spacial score (nSPS) is 15.8. The van der Waals surface area contributed by atoms with E-state index in [1.165, 1.54) is 6.42 Å². The van der Waals surface area contributed by atoms with E-state index in [4.69, 9.17) is 9.47 Å². The van der Waals surface area contributed by atoms with Gasteiger partial charge in [0.05, 0.1) is 19.9 Å². The van der Waals surface area contributed by atoms with Crippen LogP contribution in [0.4, 0.5) is 5.69 Å². The molecule has 1 aliphatic heterocycles. The van der Waals surface area contributed by atoms with Crippen LogP contribution in [0.5, 0.6) is 11.5 Å². The van der Waals surface area contributed by atoms with Gasteiger partial charge in [-0.25, -0.2) is 9.50 Å². The van der Waals surface area contributed by atoms with Crippen molar-refractivity contribution in [2.75, 3.05) is 32.6 Å². The molecule has 5 rings (SSSR count). The molecule has 2 aromatic heterocycles. The number of carbonyl (C=O) groups is 2. The molecule has 1 saturated heterocycles. The molecular formula is C31H35N5O4. The summed E-state index contributed by atoms with van der Waals surface area (Å²) in [6, 6.07) is 14.5. The highest BCUT2D eigenvalue weighted by atomic mass is 16.5. The first-order chi connectivity index (χ1) is 19.4. The number of hydrogen-bond acceptors (Lipinski definition) is 6. The van der Waals surface area contributed by atoms with Gasteiger partial charge < -0.3 is 19.7 Å². The highest BCUT2D eigenvalue weighted by molar-refractivity contribution is 6.04. The Bertz CT molecular complexity index is 1550. The summed E-state index contributed by atoms with van der Waals surface area (Å²) in [6.07, 6.45) is 6.13. The third-order valence-electron chi connectivity index (χ3n) is 7.55. The van der Waals surface area contributed by atoms with E-state index < -0.39 is 0 Å². The van der Waals surface area contributed by atoms with Gasteiger partial charge in [0.15, 0.2) is 22.8 Å². The van der Waals surface area contributed by atoms with E-state index in [0.29, 0.717) is 34.3 Å². The van der Waals surface area contributed by atoms with Gasteiger partial charge in [0.2, 0.25) is 0 Å². The number of anilines is 1. The largest absolute Gasteiger partial charge is 0.493 e. The van der Waals surface area contributed by atoms with Gasteiger partial charge in [-0.05, 0) is 73.7 Å². The standard InChI is InChI=1S/C31H35N5O4/c1-20-7-5-6-15-35(16-13-20)31(38)23-8-10-24(21(2)17-23)33-30(37)25-19-29-32-14-12-26(36(29)34-25)22-9-11-27(39-3)28(18-22)40-4/h8-12,14,17-20H,5-7,13,15-16H2,1-4H3,(H,33,37). The van der Waals surface area contributed by atoms with E-state index in [2.05, 4.69) is 22.3 Å². The number of methoxy groups -OCH3 is 2. The summed E-state index contributed by atoms with van der Waals surface area (Å²) in [4.78, 5) is 32.8. The summed E-state index contributed by atoms with van der Waals surface area (Å²) in [7, 11) is 3.17. The van der Waals surface area contributed by atoms with Gasteiger partial charge in [0.25, 0.3) is 11.8 Å². The van der Waals surface area contributed by atoms with Crippen LogP contribution in [0, 0.1) is 12.8 Å². The van der Waals surface area contributed by atoms with Crippen molar-refractivity contribution in [3.8, 4) is 22.8 Å². The van der Waals surface area contributed by atoms with Gasteiger partial charge in [-0.15, -0.1) is 0 Å². The third kappa shape index (κ3) is 5.64. The van der Waals surface area contributed by atoms with Crippen LogP contribution in [0.2, 0.25) is 0 Å². The Morgan fingerprint density at radius 1 is 0.950 bits per heavy atom. The number of amides is 2. The topological polar surface area (TPSA) is 98.1 Å². The first kappa shape index (κ1) is 27.2. The molecule has 2 amide bonds. The minimum Gasteiger partial charge on any atom is -0.493 e. The molecule has 1 atom stereocenters. The summed E-state index contributed by atoms with van der Waals surface area (Å²) >= 11 is 0. The van der Waals surface area contributed by atoms with Gasteiger partial charge in [-0.3, -0.25) is 9.59 Å². The van der Waals surface area contributed by atoms with E-state index in [9.17, 15) is 9.59 Å². The minimum absolute atomic E-state index is 0.0455. The van der Waals surface area contributed by atoms with Crippen LogP contribution in [0.15, 0.2) is 54.7 Å². The molecule has 0 radical (unpaired) electrons. The summed E-state index contributed by atoms with van der Waals surface area (Å²) in [6.45, 7) is 5.72. The van der Waals surface area contributed by atoms with Gasteiger partial charge in [0.1, 0.15) is 0 Å². The van der Waals surface area contributed by atoms with Crippen LogP contribution in [0.25, 0.3) is 16.9 Å². The average molecular weight is 542 g/mol. The molecule has 9 heteroatoms. The van der Waals surface area contributed by atoms with Crippen LogP contribution < -0.4 is 14.8 Å². The number of nitrogens with one attached hydrogen (secondary N) is 1. The number of ether oxygens (including phenoxy) is 2. The zero-order valence-electron chi connectivity index (χ0n) is 23.4. The fourth-order valence-electron chi connectivity index (χ4n) is 5.16. The molecule has 1 fully saturated rings. The molecule has 1 aliphatic rings. The second-order valence-electron chi connectivity index (χ2n) is 10.4. The number of aromatic nitrogens is 3. The van der Waals surface area contributed by atoms with Crippen molar-refractivity contribution >= 4 is 23.1 Å². The summed E-state index contributed by atoms with van der Waals surface area (Å²) in [5, 5.41) is 7.50. The first-order valence-electron chi connectivity index (χ1n) is 13.7. The van der Waals surface area contributed by atoms with E-state index in [1.54, 1.807) is 43.1 Å². The van der Waals surface area contributed by atoms with Crippen molar-refractivity contribution in [3.63, 3.8) is 0 Å². The maximum Gasteiger partial charge on any atom is 0.276 e. The maximum atomic E-state index is 13.2. The van der Waals surface area contributed by atoms with Crippen LogP contribution in [-0.4, -0.2) is 58.6 Å². The molecule has 40 heavy (non-hydrogen) atoms. The molecule has 0 aliphatic carbocycles. The lowest BCUT2D eigenvalue weighted by molar-refractivity contribution is 0.0732. The Balaban J connectivity index is 1.35. The second-order valence-corrected chi connectivity index (χ2v) is 10.4. The fraction of sp³-hybridized carbons (Fsp3) is 0.355. The highest BCUT2D eigenvalue weighted by Crippen LogP contribution is 2.32. The lowest BCUT2D eigenvalue weighted by Crippen LogP contribution is -2.34. The van der Waals surface area contributed by atoms with Crippen molar-refractivity contribution in [1.82, 2.24) is 19.5 Å². The zero-order chi connectivity index (χ0) is 28.2. The molecule has 2 aromatic carbocycles. The quantitative estimate of drug-likeness (QED) is 0.340. The molecule has 9 nitrogen and oxygen atoms in total. The van der Waals surface area contributed by atoms with Crippen molar-refractivity contribution in [2.45, 2.75) is 39.5 Å². The molecule has 0 bridgehead atoms. The molecule has 1 N–H and O–H groups in total. The Labute approximate surface area is 234 Å². The number of rotatable bonds is 6. The molecule has 0 spiro atoms. The summed E-state index contributed by atoms with van der Waals surface area (Å²) < 4.78 is 12.4. The monoisotopic (exact) mass is 541 g/mol. The van der Waals surface area contributed by atoms with Crippen LogP contribution in [-0.2, 0) is 0 Å². The van der Waals surface area contributed by atoms with Crippen molar-refractivity contribution in [2.24, 2.45) is 5.92 Å². The molecular weight excluding hydrogens is 506 g/mol. The first-order valence-corrected chi connectivity index (χ1v) is 13.7. The van der Waals surface area contributed by atoms with E-state index >= 15 is 0 Å². The lowest BCUT2D eigenvalue weighted by Gasteiger charge is -2.27. The molecule has 4 aromatic rings. The number of nitrogens with zero attached hydrogens (tertiary/aromatic N) is 4. The Hall–Kier alpha value is -4.40. The highest BCUT2D eigenvalue weighted by Gasteiger charge is 2.20. The minimum atomic E-state index is -0.358.